The molecule has 15 rings (SSSR count). The third-order valence-corrected chi connectivity index (χ3v) is 23.4. The molecular formula is C63H79Br4N21O6S3. The van der Waals surface area contributed by atoms with Gasteiger partial charge in [-0.1, -0.05) is 51.2 Å². The van der Waals surface area contributed by atoms with Gasteiger partial charge < -0.3 is 63.9 Å². The SMILES string of the molecule is CC(C)N1CCN(CCn2c(Sc3cc4c(cc3Br)OCO4)nc3c(N)ncnc32)CC1.CC(C)N1CCN(CCn2cnc(=N)c3[nH]c(Sc4cc5c(cc4Br)OCO5)nc32)CC1.CC(C)N1CCNCC1.Nc1ncnc2c1nc(Sc1cc3c(cc1Br)OCO3)n2CCBr. The summed E-state index contributed by atoms with van der Waals surface area (Å²) in [4.78, 5) is 54.2. The first-order chi connectivity index (χ1) is 46.9. The maximum atomic E-state index is 8.22. The number of benzene rings is 3. The highest BCUT2D eigenvalue weighted by molar-refractivity contribution is 9.11. The van der Waals surface area contributed by atoms with Gasteiger partial charge in [0.2, 0.25) is 20.4 Å². The quantitative estimate of drug-likeness (QED) is 0.0530. The fourth-order valence-corrected chi connectivity index (χ4v) is 16.4. The summed E-state index contributed by atoms with van der Waals surface area (Å²) in [7, 11) is 0. The van der Waals surface area contributed by atoms with Crippen molar-refractivity contribution in [1.82, 2.24) is 88.4 Å². The Labute approximate surface area is 608 Å². The van der Waals surface area contributed by atoms with Gasteiger partial charge in [0.15, 0.2) is 95.1 Å². The molecule has 3 saturated heterocycles. The van der Waals surface area contributed by atoms with Crippen molar-refractivity contribution in [1.29, 1.82) is 5.41 Å². The van der Waals surface area contributed by atoms with Crippen LogP contribution in [0.1, 0.15) is 41.5 Å². The molecule has 12 heterocycles. The molecule has 6 aliphatic rings. The minimum atomic E-state index is 0.200. The number of nitrogen functional groups attached to an aromatic ring is 2. The zero-order valence-corrected chi connectivity index (χ0v) is 63.6. The Morgan fingerprint density at radius 2 is 0.907 bits per heavy atom. The molecule has 6 aromatic heterocycles. The molecule has 34 heteroatoms. The van der Waals surface area contributed by atoms with Crippen LogP contribution < -0.4 is 50.7 Å². The molecule has 97 heavy (non-hydrogen) atoms. The van der Waals surface area contributed by atoms with Crippen molar-refractivity contribution in [3.8, 4) is 34.5 Å². The predicted octanol–water partition coefficient (Wildman–Crippen LogP) is 9.73. The van der Waals surface area contributed by atoms with Crippen molar-refractivity contribution < 1.29 is 28.4 Å². The monoisotopic (exact) mass is 1640 g/mol. The van der Waals surface area contributed by atoms with Gasteiger partial charge in [-0.2, -0.15) is 0 Å². The fraction of sp³-hybridized carbons (Fsp3) is 0.476. The molecule has 0 radical (unpaired) electrons. The Morgan fingerprint density at radius 3 is 1.34 bits per heavy atom. The van der Waals surface area contributed by atoms with Crippen molar-refractivity contribution in [3.63, 3.8) is 0 Å². The summed E-state index contributed by atoms with van der Waals surface area (Å²) in [5, 5.41) is 14.6. The second kappa shape index (κ2) is 32.7. The van der Waals surface area contributed by atoms with E-state index in [1.807, 2.05) is 45.5 Å². The normalized spacial score (nSPS) is 16.5. The molecule has 0 unspecified atom stereocenters. The Morgan fingerprint density at radius 1 is 0.495 bits per heavy atom. The van der Waals surface area contributed by atoms with Gasteiger partial charge in [-0.25, -0.2) is 39.9 Å². The lowest BCUT2D eigenvalue weighted by atomic mass is 10.2. The predicted molar refractivity (Wildman–Crippen MR) is 390 cm³/mol. The molecule has 3 aromatic carbocycles. The first kappa shape index (κ1) is 71.1. The minimum absolute atomic E-state index is 0.200. The highest BCUT2D eigenvalue weighted by atomic mass is 79.9. The molecule has 3 fully saturated rings. The summed E-state index contributed by atoms with van der Waals surface area (Å²) in [5.41, 5.74) is 16.4. The van der Waals surface area contributed by atoms with E-state index in [4.69, 9.17) is 55.3 Å². The number of aryl methyl sites for hydroxylation is 1. The number of imidazole rings is 3. The Kier molecular flexibility index (Phi) is 24.0. The van der Waals surface area contributed by atoms with Crippen molar-refractivity contribution in [2.75, 3.05) is 129 Å². The van der Waals surface area contributed by atoms with Crippen LogP contribution in [0.3, 0.4) is 0 Å². The number of nitrogens with zero attached hydrogens (tertiary/aromatic N) is 16. The van der Waals surface area contributed by atoms with E-state index in [1.54, 1.807) is 18.1 Å². The summed E-state index contributed by atoms with van der Waals surface area (Å²) < 4.78 is 41.7. The van der Waals surface area contributed by atoms with Crippen LogP contribution in [0.4, 0.5) is 11.6 Å². The number of ether oxygens (including phenoxy) is 6. The van der Waals surface area contributed by atoms with E-state index in [9.17, 15) is 0 Å². The van der Waals surface area contributed by atoms with Gasteiger partial charge in [0.25, 0.3) is 0 Å². The van der Waals surface area contributed by atoms with Crippen LogP contribution in [-0.2, 0) is 19.6 Å². The number of alkyl halides is 1. The number of piperazine rings is 3. The number of fused-ring (bicyclic) bond motifs is 6. The lowest BCUT2D eigenvalue weighted by Crippen LogP contribution is -2.49. The Balaban J connectivity index is 0.000000131. The zero-order chi connectivity index (χ0) is 67.9. The lowest BCUT2D eigenvalue weighted by Gasteiger charge is -2.37. The number of nitrogens with two attached hydrogens (primary N) is 2. The lowest BCUT2D eigenvalue weighted by molar-refractivity contribution is 0.106. The molecule has 0 spiro atoms. The molecule has 0 aliphatic carbocycles. The number of aromatic nitrogens is 12. The number of H-pyrrole nitrogens is 1. The molecule has 0 amide bonds. The standard InChI is InChI=1S/2C21H26BrN7O2S.C14H11Br2N5O2S.C7H16N2/c1-13(2)28-6-3-27(4-7-28)5-8-29-11-24-19(23)18-20(29)26-21(25-18)32-17-10-16-15(9-14(17)22)30-12-31-16;1-13(2)28-6-3-27(4-7-28)5-8-29-20-18(19(23)24-11-25-20)26-21(29)32-17-10-16-15(9-14(17)22)30-12-31-16;15-1-2-21-13-11(12(17)18-5-19-13)20-14(21)24-10-4-9-8(3-7(10)16)22-6-23-9;1-7(2)9-5-3-8-4-6-9/h9-11,13,23H,3-8,12H2,1-2H3,(H,25,26);9-11,13H,3-8,12H2,1-2H3,(H2,23,24,25);3-5H,1-2,6H2,(H2,17,18,19);7-8H,3-6H2,1-2H3. The third kappa shape index (κ3) is 17.2. The fourth-order valence-electron chi connectivity index (χ4n) is 11.6. The van der Waals surface area contributed by atoms with E-state index >= 15 is 0 Å². The van der Waals surface area contributed by atoms with E-state index in [-0.39, 0.29) is 25.9 Å². The minimum Gasteiger partial charge on any atom is -0.454 e. The highest BCUT2D eigenvalue weighted by Crippen LogP contribution is 2.46. The topological polar surface area (TPSA) is 293 Å². The van der Waals surface area contributed by atoms with Crippen LogP contribution in [-0.4, -0.2) is 219 Å². The number of rotatable bonds is 17. The molecular weight excluding hydrogens is 1560 g/mol. The van der Waals surface area contributed by atoms with E-state index in [2.05, 4.69) is 175 Å². The zero-order valence-electron chi connectivity index (χ0n) is 54.8. The van der Waals surface area contributed by atoms with Crippen molar-refractivity contribution in [2.24, 2.45) is 0 Å². The van der Waals surface area contributed by atoms with Crippen molar-refractivity contribution in [3.05, 3.63) is 74.3 Å². The molecule has 518 valence electrons. The highest BCUT2D eigenvalue weighted by Gasteiger charge is 2.27. The summed E-state index contributed by atoms with van der Waals surface area (Å²) >= 11 is 18.8. The van der Waals surface area contributed by atoms with Crippen LogP contribution in [0.5, 0.6) is 34.5 Å². The summed E-state index contributed by atoms with van der Waals surface area (Å²) in [5.74, 6) is 5.16. The van der Waals surface area contributed by atoms with E-state index < -0.39 is 0 Å². The smallest absolute Gasteiger partial charge is 0.231 e. The van der Waals surface area contributed by atoms with E-state index in [1.165, 1.54) is 49.3 Å². The van der Waals surface area contributed by atoms with Crippen molar-refractivity contribution in [2.45, 2.75) is 109 Å². The first-order valence-corrected chi connectivity index (χ1v) is 38.1. The van der Waals surface area contributed by atoms with E-state index in [0.29, 0.717) is 45.4 Å². The molecule has 6 aliphatic heterocycles. The summed E-state index contributed by atoms with van der Waals surface area (Å²) in [6.45, 7) is 31.9. The third-order valence-electron chi connectivity index (χ3n) is 17.2. The van der Waals surface area contributed by atoms with Gasteiger partial charge in [0.1, 0.15) is 18.2 Å². The number of aromatic amines is 1. The largest absolute Gasteiger partial charge is 0.454 e. The summed E-state index contributed by atoms with van der Waals surface area (Å²) in [6, 6.07) is 13.5. The van der Waals surface area contributed by atoms with Gasteiger partial charge >= 0.3 is 0 Å². The second-order valence-corrected chi connectivity index (χ2v) is 30.6. The Hall–Kier alpha value is -5.76. The summed E-state index contributed by atoms with van der Waals surface area (Å²) in [6.07, 6.45) is 4.68. The van der Waals surface area contributed by atoms with Crippen LogP contribution in [0.15, 0.2) is 99.0 Å². The van der Waals surface area contributed by atoms with Gasteiger partial charge in [-0.3, -0.25) is 29.9 Å². The molecule has 9 aromatic rings. The van der Waals surface area contributed by atoms with Crippen LogP contribution in [0, 0.1) is 5.41 Å². The number of halogens is 4. The molecule has 27 nitrogen and oxygen atoms in total. The molecule has 0 saturated carbocycles. The molecule has 0 bridgehead atoms. The van der Waals surface area contributed by atoms with Crippen LogP contribution >= 0.6 is 99.0 Å². The number of hydrogen-bond acceptors (Lipinski definition) is 26. The van der Waals surface area contributed by atoms with Gasteiger partial charge in [0.05, 0.1) is 6.33 Å². The van der Waals surface area contributed by atoms with E-state index in [0.717, 1.165) is 199 Å². The average molecular weight is 1640 g/mol. The molecule has 0 atom stereocenters. The number of hydrogen-bond donors (Lipinski definition) is 5. The maximum absolute atomic E-state index is 8.22. The van der Waals surface area contributed by atoms with Gasteiger partial charge in [-0.05, 0) is 126 Å². The maximum Gasteiger partial charge on any atom is 0.231 e. The second-order valence-electron chi connectivity index (χ2n) is 24.2. The molecule has 7 N–H and O–H groups in total. The van der Waals surface area contributed by atoms with Crippen LogP contribution in [0.25, 0.3) is 33.5 Å². The number of anilines is 2. The Bertz CT molecular complexity index is 4270. The number of nitrogens with one attached hydrogen (secondary N) is 3. The van der Waals surface area contributed by atoms with Gasteiger partial charge in [-0.15, -0.1) is 0 Å². The first-order valence-electron chi connectivity index (χ1n) is 32.1. The van der Waals surface area contributed by atoms with Crippen molar-refractivity contribution >= 4 is 144 Å². The van der Waals surface area contributed by atoms with Gasteiger partial charge in [0, 0.05) is 163 Å². The van der Waals surface area contributed by atoms with Crippen LogP contribution in [0.2, 0.25) is 0 Å². The average Bonchev–Trinajstić information content (AvgIpc) is 1.65.